The maximum Gasteiger partial charge on any atom is 0.127 e. The molecule has 106 valence electrons. The van der Waals surface area contributed by atoms with Gasteiger partial charge in [-0.05, 0) is 61.6 Å². The molecule has 0 heterocycles. The van der Waals surface area contributed by atoms with Crippen molar-refractivity contribution in [1.82, 2.24) is 0 Å². The van der Waals surface area contributed by atoms with Crippen molar-refractivity contribution < 1.29 is 4.74 Å². The second kappa shape index (κ2) is 7.71. The third-order valence-corrected chi connectivity index (χ3v) is 3.49. The van der Waals surface area contributed by atoms with Crippen LogP contribution in [0.3, 0.4) is 0 Å². The maximum atomic E-state index is 5.78. The summed E-state index contributed by atoms with van der Waals surface area (Å²) in [7, 11) is 0. The lowest BCUT2D eigenvalue weighted by molar-refractivity contribution is 0.481. The van der Waals surface area contributed by atoms with Gasteiger partial charge in [0.05, 0.1) is 0 Å². The van der Waals surface area contributed by atoms with Crippen LogP contribution in [0, 0.1) is 5.92 Å². The van der Waals surface area contributed by atoms with Gasteiger partial charge in [0.25, 0.3) is 0 Å². The lowest BCUT2D eigenvalue weighted by Gasteiger charge is -2.10. The molecule has 0 saturated carbocycles. The van der Waals surface area contributed by atoms with Gasteiger partial charge in [0, 0.05) is 0 Å². The minimum absolute atomic E-state index is 0.695. The second-order valence-corrected chi connectivity index (χ2v) is 5.28. The van der Waals surface area contributed by atoms with Crippen molar-refractivity contribution in [2.75, 3.05) is 6.54 Å². The number of para-hydroxylation sites is 1. The van der Waals surface area contributed by atoms with Crippen LogP contribution in [0.4, 0.5) is 0 Å². The minimum atomic E-state index is 0.695. The van der Waals surface area contributed by atoms with E-state index in [1.165, 1.54) is 12.0 Å². The van der Waals surface area contributed by atoms with Gasteiger partial charge >= 0.3 is 0 Å². The van der Waals surface area contributed by atoms with Gasteiger partial charge < -0.3 is 10.5 Å². The molecule has 0 aliphatic carbocycles. The summed E-state index contributed by atoms with van der Waals surface area (Å²) in [6.45, 7) is 3.05. The van der Waals surface area contributed by atoms with Crippen LogP contribution in [0.25, 0.3) is 0 Å². The van der Waals surface area contributed by atoms with Gasteiger partial charge in [0.15, 0.2) is 0 Å². The first-order valence-electron chi connectivity index (χ1n) is 7.30. The summed E-state index contributed by atoms with van der Waals surface area (Å²) < 4.78 is 5.78. The van der Waals surface area contributed by atoms with E-state index in [-0.39, 0.29) is 0 Å². The van der Waals surface area contributed by atoms with Gasteiger partial charge in [-0.2, -0.15) is 0 Å². The molecule has 0 saturated heterocycles. The molecule has 0 radical (unpaired) electrons. The first-order valence-corrected chi connectivity index (χ1v) is 7.30. The normalized spacial score (nSPS) is 12.1. The summed E-state index contributed by atoms with van der Waals surface area (Å²) in [5, 5.41) is 0. The van der Waals surface area contributed by atoms with Gasteiger partial charge in [-0.25, -0.2) is 0 Å². The van der Waals surface area contributed by atoms with Crippen molar-refractivity contribution in [2.45, 2.75) is 26.2 Å². The summed E-state index contributed by atoms with van der Waals surface area (Å²) >= 11 is 0. The van der Waals surface area contributed by atoms with Crippen molar-refractivity contribution in [3.63, 3.8) is 0 Å². The zero-order valence-electron chi connectivity index (χ0n) is 12.1. The Hall–Kier alpha value is -1.80. The average molecular weight is 269 g/mol. The van der Waals surface area contributed by atoms with Crippen molar-refractivity contribution >= 4 is 0 Å². The van der Waals surface area contributed by atoms with Crippen LogP contribution in [0.1, 0.15) is 25.3 Å². The zero-order valence-corrected chi connectivity index (χ0v) is 12.1. The molecule has 0 aromatic heterocycles. The maximum absolute atomic E-state index is 5.78. The molecule has 0 bridgehead atoms. The molecule has 1 atom stereocenters. The molecule has 1 unspecified atom stereocenters. The van der Waals surface area contributed by atoms with Crippen molar-refractivity contribution in [2.24, 2.45) is 11.7 Å². The highest BCUT2D eigenvalue weighted by atomic mass is 16.5. The Kier molecular flexibility index (Phi) is 5.63. The Morgan fingerprint density at radius 2 is 1.55 bits per heavy atom. The smallest absolute Gasteiger partial charge is 0.127 e. The SMILES string of the molecule is CC(CCN)CCc1ccc(Oc2ccccc2)cc1. The van der Waals surface area contributed by atoms with E-state index in [9.17, 15) is 0 Å². The van der Waals surface area contributed by atoms with Gasteiger partial charge in [-0.15, -0.1) is 0 Å². The van der Waals surface area contributed by atoms with Crippen molar-refractivity contribution in [3.05, 3.63) is 60.2 Å². The third kappa shape index (κ3) is 4.71. The van der Waals surface area contributed by atoms with Gasteiger partial charge in [-0.3, -0.25) is 0 Å². The molecular formula is C18H23NO. The van der Waals surface area contributed by atoms with Gasteiger partial charge in [0.1, 0.15) is 11.5 Å². The Labute approximate surface area is 121 Å². The highest BCUT2D eigenvalue weighted by molar-refractivity contribution is 5.32. The van der Waals surface area contributed by atoms with Crippen LogP contribution in [0.15, 0.2) is 54.6 Å². The predicted octanol–water partition coefficient (Wildman–Crippen LogP) is 4.40. The van der Waals surface area contributed by atoms with E-state index >= 15 is 0 Å². The van der Waals surface area contributed by atoms with E-state index < -0.39 is 0 Å². The molecule has 2 aromatic carbocycles. The van der Waals surface area contributed by atoms with E-state index in [1.807, 2.05) is 42.5 Å². The Morgan fingerprint density at radius 1 is 0.900 bits per heavy atom. The number of hydrogen-bond donors (Lipinski definition) is 1. The number of aryl methyl sites for hydroxylation is 1. The average Bonchev–Trinajstić information content (AvgIpc) is 2.48. The lowest BCUT2D eigenvalue weighted by Crippen LogP contribution is -2.06. The summed E-state index contributed by atoms with van der Waals surface area (Å²) in [6, 6.07) is 18.2. The summed E-state index contributed by atoms with van der Waals surface area (Å²) in [4.78, 5) is 0. The summed E-state index contributed by atoms with van der Waals surface area (Å²) in [5.74, 6) is 2.45. The van der Waals surface area contributed by atoms with Crippen LogP contribution < -0.4 is 10.5 Å². The highest BCUT2D eigenvalue weighted by Crippen LogP contribution is 2.22. The van der Waals surface area contributed by atoms with Crippen LogP contribution in [0.2, 0.25) is 0 Å². The molecular weight excluding hydrogens is 246 g/mol. The second-order valence-electron chi connectivity index (χ2n) is 5.28. The van der Waals surface area contributed by atoms with Crippen LogP contribution in [-0.2, 0) is 6.42 Å². The topological polar surface area (TPSA) is 35.2 Å². The summed E-state index contributed by atoms with van der Waals surface area (Å²) in [5.41, 5.74) is 6.93. The number of benzene rings is 2. The first-order chi connectivity index (χ1) is 9.78. The number of rotatable bonds is 7. The highest BCUT2D eigenvalue weighted by Gasteiger charge is 2.02. The lowest BCUT2D eigenvalue weighted by atomic mass is 9.98. The molecule has 2 aromatic rings. The monoisotopic (exact) mass is 269 g/mol. The fourth-order valence-electron chi connectivity index (χ4n) is 2.19. The minimum Gasteiger partial charge on any atom is -0.457 e. The predicted molar refractivity (Wildman–Crippen MR) is 84.1 cm³/mol. The zero-order chi connectivity index (χ0) is 14.2. The van der Waals surface area contributed by atoms with E-state index in [0.29, 0.717) is 5.92 Å². The molecule has 20 heavy (non-hydrogen) atoms. The van der Waals surface area contributed by atoms with E-state index in [2.05, 4.69) is 19.1 Å². The van der Waals surface area contributed by atoms with Gasteiger partial charge in [-0.1, -0.05) is 37.3 Å². The fourth-order valence-corrected chi connectivity index (χ4v) is 2.19. The molecule has 2 N–H and O–H groups in total. The van der Waals surface area contributed by atoms with Gasteiger partial charge in [0.2, 0.25) is 0 Å². The summed E-state index contributed by atoms with van der Waals surface area (Å²) in [6.07, 6.45) is 3.40. The number of ether oxygens (including phenoxy) is 1. The quantitative estimate of drug-likeness (QED) is 0.808. The third-order valence-electron chi connectivity index (χ3n) is 3.49. The van der Waals surface area contributed by atoms with Crippen LogP contribution >= 0.6 is 0 Å². The molecule has 0 amide bonds. The van der Waals surface area contributed by atoms with E-state index in [4.69, 9.17) is 10.5 Å². The molecule has 0 fully saturated rings. The number of hydrogen-bond acceptors (Lipinski definition) is 2. The molecule has 0 spiro atoms. The van der Waals surface area contributed by atoms with Crippen LogP contribution in [0.5, 0.6) is 11.5 Å². The Bertz CT molecular complexity index is 493. The number of nitrogens with two attached hydrogens (primary N) is 1. The first kappa shape index (κ1) is 14.6. The van der Waals surface area contributed by atoms with Crippen molar-refractivity contribution in [1.29, 1.82) is 0 Å². The Balaban J connectivity index is 1.87. The van der Waals surface area contributed by atoms with Crippen LogP contribution in [-0.4, -0.2) is 6.54 Å². The van der Waals surface area contributed by atoms with E-state index in [0.717, 1.165) is 30.9 Å². The standard InChI is InChI=1S/C18H23NO/c1-15(13-14-19)7-8-16-9-11-18(12-10-16)20-17-5-3-2-4-6-17/h2-6,9-12,15H,7-8,13-14,19H2,1H3. The molecule has 2 heteroatoms. The van der Waals surface area contributed by atoms with Crippen molar-refractivity contribution in [3.8, 4) is 11.5 Å². The molecule has 0 aliphatic heterocycles. The molecule has 2 rings (SSSR count). The molecule has 0 aliphatic rings. The molecule has 2 nitrogen and oxygen atoms in total. The van der Waals surface area contributed by atoms with E-state index in [1.54, 1.807) is 0 Å². The fraction of sp³-hybridized carbons (Fsp3) is 0.333. The largest absolute Gasteiger partial charge is 0.457 e. The Morgan fingerprint density at radius 3 is 2.20 bits per heavy atom.